The number of carbonyl (C=O) groups excluding carboxylic acids is 1. The van der Waals surface area contributed by atoms with Gasteiger partial charge in [0.05, 0.1) is 17.5 Å². The Hall–Kier alpha value is -3.16. The van der Waals surface area contributed by atoms with Crippen LogP contribution in [-0.2, 0) is 11.2 Å². The molecule has 0 radical (unpaired) electrons. The number of carboxylic acid groups (broad SMARTS) is 1. The maximum atomic E-state index is 12.6. The fourth-order valence-electron chi connectivity index (χ4n) is 2.66. The molecule has 8 heteroatoms. The molecule has 1 atom stereocenters. The van der Waals surface area contributed by atoms with Crippen molar-refractivity contribution in [2.75, 3.05) is 0 Å². The highest BCUT2D eigenvalue weighted by Crippen LogP contribution is 2.19. The van der Waals surface area contributed by atoms with E-state index in [-0.39, 0.29) is 18.2 Å². The van der Waals surface area contributed by atoms with Gasteiger partial charge < -0.3 is 15.2 Å². The van der Waals surface area contributed by atoms with Crippen LogP contribution in [0.4, 0.5) is 0 Å². The summed E-state index contributed by atoms with van der Waals surface area (Å²) in [6, 6.07) is 6.30. The van der Waals surface area contributed by atoms with E-state index in [1.807, 2.05) is 45.0 Å². The van der Waals surface area contributed by atoms with Gasteiger partial charge in [-0.05, 0) is 57.9 Å². The van der Waals surface area contributed by atoms with Crippen LogP contribution in [0.2, 0.25) is 0 Å². The van der Waals surface area contributed by atoms with Crippen molar-refractivity contribution in [3.05, 3.63) is 47.8 Å². The van der Waals surface area contributed by atoms with E-state index < -0.39 is 17.9 Å². The third kappa shape index (κ3) is 5.18. The van der Waals surface area contributed by atoms with Crippen LogP contribution in [-0.4, -0.2) is 44.1 Å². The van der Waals surface area contributed by atoms with E-state index in [0.717, 1.165) is 11.4 Å². The van der Waals surface area contributed by atoms with Gasteiger partial charge in [-0.1, -0.05) is 24.3 Å². The molecule has 0 saturated heterocycles. The molecule has 1 amide bonds. The Bertz CT molecular complexity index is 840. The number of rotatable bonds is 9. The summed E-state index contributed by atoms with van der Waals surface area (Å²) in [6.45, 7) is 7.58. The van der Waals surface area contributed by atoms with Gasteiger partial charge in [0.25, 0.3) is 5.91 Å². The highest BCUT2D eigenvalue weighted by Gasteiger charge is 2.24. The Balaban J connectivity index is 2.25. The second-order valence-corrected chi connectivity index (χ2v) is 6.48. The van der Waals surface area contributed by atoms with Crippen LogP contribution >= 0.6 is 0 Å². The summed E-state index contributed by atoms with van der Waals surface area (Å²) in [5, 5.41) is 19.9. The molecule has 8 nitrogen and oxygen atoms in total. The molecular weight excluding hydrogens is 360 g/mol. The van der Waals surface area contributed by atoms with E-state index in [1.165, 1.54) is 0 Å². The molecule has 0 spiro atoms. The Morgan fingerprint density at radius 1 is 1.29 bits per heavy atom. The zero-order chi connectivity index (χ0) is 20.7. The number of hydrogen-bond donors (Lipinski definition) is 2. The number of ether oxygens (including phenoxy) is 1. The molecule has 0 aliphatic heterocycles. The number of carboxylic acids is 1. The number of hydrogen-bond acceptors (Lipinski definition) is 5. The normalized spacial score (nSPS) is 12.3. The predicted octanol–water partition coefficient (Wildman–Crippen LogP) is 2.77. The van der Waals surface area contributed by atoms with Crippen molar-refractivity contribution >= 4 is 11.9 Å². The largest absolute Gasteiger partial charge is 0.491 e. The lowest BCUT2D eigenvalue weighted by Crippen LogP contribution is -2.41. The van der Waals surface area contributed by atoms with E-state index >= 15 is 0 Å². The number of amides is 1. The van der Waals surface area contributed by atoms with Crippen molar-refractivity contribution in [3.8, 4) is 11.4 Å². The van der Waals surface area contributed by atoms with Crippen molar-refractivity contribution in [2.24, 2.45) is 0 Å². The van der Waals surface area contributed by atoms with Gasteiger partial charge in [-0.2, -0.15) is 0 Å². The second kappa shape index (κ2) is 9.68. The van der Waals surface area contributed by atoms with Gasteiger partial charge >= 0.3 is 5.97 Å². The van der Waals surface area contributed by atoms with Crippen molar-refractivity contribution in [1.29, 1.82) is 0 Å². The lowest BCUT2D eigenvalue weighted by molar-refractivity contribution is -0.139. The minimum absolute atomic E-state index is 0.0726. The first-order valence-electron chi connectivity index (χ1n) is 9.23. The molecule has 28 heavy (non-hydrogen) atoms. The quantitative estimate of drug-likeness (QED) is 0.642. The molecule has 1 heterocycles. The zero-order valence-corrected chi connectivity index (χ0v) is 16.5. The second-order valence-electron chi connectivity index (χ2n) is 6.48. The van der Waals surface area contributed by atoms with Crippen LogP contribution < -0.4 is 10.1 Å². The number of allylic oxidation sites excluding steroid dienone is 1. The number of aliphatic carboxylic acids is 1. The van der Waals surface area contributed by atoms with Crippen LogP contribution in [0, 0.1) is 0 Å². The SMILES string of the molecule is C/C=C/CC(NC(=O)c1nnn(-c2ccc(OC(C)C)cc2)c1CC)C(=O)O. The number of aromatic nitrogens is 3. The predicted molar refractivity (Wildman–Crippen MR) is 105 cm³/mol. The summed E-state index contributed by atoms with van der Waals surface area (Å²) in [4.78, 5) is 23.9. The lowest BCUT2D eigenvalue weighted by Gasteiger charge is -2.13. The molecule has 2 N–H and O–H groups in total. The van der Waals surface area contributed by atoms with Crippen LogP contribution in [0.5, 0.6) is 5.75 Å². The van der Waals surface area contributed by atoms with Crippen molar-refractivity contribution in [2.45, 2.75) is 52.7 Å². The Labute approximate surface area is 164 Å². The van der Waals surface area contributed by atoms with E-state index in [2.05, 4.69) is 15.6 Å². The fourth-order valence-corrected chi connectivity index (χ4v) is 2.66. The lowest BCUT2D eigenvalue weighted by atomic mass is 10.1. The van der Waals surface area contributed by atoms with Crippen LogP contribution in [0.3, 0.4) is 0 Å². The summed E-state index contributed by atoms with van der Waals surface area (Å²) in [7, 11) is 0. The van der Waals surface area contributed by atoms with Gasteiger partial charge in [0.15, 0.2) is 5.69 Å². The Morgan fingerprint density at radius 2 is 1.96 bits per heavy atom. The zero-order valence-electron chi connectivity index (χ0n) is 16.5. The summed E-state index contributed by atoms with van der Waals surface area (Å²) in [5.41, 5.74) is 1.46. The highest BCUT2D eigenvalue weighted by molar-refractivity contribution is 5.96. The molecule has 0 aliphatic rings. The molecule has 1 aromatic heterocycles. The van der Waals surface area contributed by atoms with E-state index in [1.54, 1.807) is 23.8 Å². The summed E-state index contributed by atoms with van der Waals surface area (Å²) in [6.07, 6.45) is 4.21. The minimum Gasteiger partial charge on any atom is -0.491 e. The van der Waals surface area contributed by atoms with E-state index in [0.29, 0.717) is 12.1 Å². The molecule has 1 aromatic carbocycles. The van der Waals surface area contributed by atoms with Gasteiger partial charge in [0.2, 0.25) is 0 Å². The van der Waals surface area contributed by atoms with Crippen molar-refractivity contribution < 1.29 is 19.4 Å². The molecular formula is C20H26N4O4. The molecule has 0 aliphatic carbocycles. The molecule has 0 saturated carbocycles. The van der Waals surface area contributed by atoms with Crippen LogP contribution in [0.15, 0.2) is 36.4 Å². The number of nitrogens with zero attached hydrogens (tertiary/aromatic N) is 3. The number of nitrogens with one attached hydrogen (secondary N) is 1. The maximum Gasteiger partial charge on any atom is 0.326 e. The molecule has 0 fully saturated rings. The molecule has 2 aromatic rings. The Morgan fingerprint density at radius 3 is 2.50 bits per heavy atom. The molecule has 150 valence electrons. The summed E-state index contributed by atoms with van der Waals surface area (Å²) < 4.78 is 7.21. The number of benzene rings is 1. The average Bonchev–Trinajstić information content (AvgIpc) is 3.09. The smallest absolute Gasteiger partial charge is 0.326 e. The van der Waals surface area contributed by atoms with Crippen molar-refractivity contribution in [1.82, 2.24) is 20.3 Å². The number of carbonyl (C=O) groups is 2. The summed E-state index contributed by atoms with van der Waals surface area (Å²) in [5.74, 6) is -0.916. The molecule has 0 bridgehead atoms. The van der Waals surface area contributed by atoms with Gasteiger partial charge in [-0.25, -0.2) is 9.48 Å². The average molecular weight is 386 g/mol. The Kier molecular flexibility index (Phi) is 7.31. The molecule has 1 unspecified atom stereocenters. The first-order chi connectivity index (χ1) is 13.4. The monoisotopic (exact) mass is 386 g/mol. The van der Waals surface area contributed by atoms with Gasteiger partial charge in [-0.3, -0.25) is 4.79 Å². The first kappa shape index (κ1) is 21.1. The van der Waals surface area contributed by atoms with Crippen LogP contribution in [0.25, 0.3) is 5.69 Å². The third-order valence-corrected chi connectivity index (χ3v) is 3.98. The van der Waals surface area contributed by atoms with E-state index in [9.17, 15) is 14.7 Å². The topological polar surface area (TPSA) is 106 Å². The standard InChI is InChI=1S/C20H26N4O4/c1-5-7-8-16(20(26)27)21-19(25)18-17(6-2)24(23-22-18)14-9-11-15(12-10-14)28-13(3)4/h5,7,9-13,16H,6,8H2,1-4H3,(H,21,25)(H,26,27)/b7-5+. The third-order valence-electron chi connectivity index (χ3n) is 3.98. The maximum absolute atomic E-state index is 12.6. The first-order valence-corrected chi connectivity index (χ1v) is 9.23. The molecule has 2 rings (SSSR count). The fraction of sp³-hybridized carbons (Fsp3) is 0.400. The van der Waals surface area contributed by atoms with E-state index in [4.69, 9.17) is 4.74 Å². The minimum atomic E-state index is -1.10. The van der Waals surface area contributed by atoms with Crippen LogP contribution in [0.1, 0.15) is 50.3 Å². The van der Waals surface area contributed by atoms with Gasteiger partial charge in [-0.15, -0.1) is 5.10 Å². The van der Waals surface area contributed by atoms with Gasteiger partial charge in [0.1, 0.15) is 11.8 Å². The highest BCUT2D eigenvalue weighted by atomic mass is 16.5. The summed E-state index contributed by atoms with van der Waals surface area (Å²) >= 11 is 0. The van der Waals surface area contributed by atoms with Gasteiger partial charge in [0, 0.05) is 0 Å². The van der Waals surface area contributed by atoms with Crippen molar-refractivity contribution in [3.63, 3.8) is 0 Å².